The fourth-order valence-electron chi connectivity index (χ4n) is 1.63. The number of aromatic amines is 1. The molecule has 0 aliphatic heterocycles. The van der Waals surface area contributed by atoms with Gasteiger partial charge < -0.3 is 4.98 Å². The van der Waals surface area contributed by atoms with Gasteiger partial charge in [0.1, 0.15) is 5.82 Å². The van der Waals surface area contributed by atoms with Crippen LogP contribution < -0.4 is 0 Å². The van der Waals surface area contributed by atoms with Gasteiger partial charge in [0, 0.05) is 10.6 Å². The first-order valence-corrected chi connectivity index (χ1v) is 6.43. The highest BCUT2D eigenvalue weighted by atomic mass is 35.5. The van der Waals surface area contributed by atoms with Gasteiger partial charge in [0.05, 0.1) is 16.8 Å². The molecule has 2 heterocycles. The molecule has 1 aromatic carbocycles. The molecule has 84 valence electrons. The first-order valence-electron chi connectivity index (χ1n) is 5.18. The number of H-pyrrole nitrogens is 1. The van der Waals surface area contributed by atoms with E-state index in [9.17, 15) is 0 Å². The van der Waals surface area contributed by atoms with Crippen LogP contribution in [0.4, 0.5) is 0 Å². The molecule has 2 aromatic heterocycles. The summed E-state index contributed by atoms with van der Waals surface area (Å²) in [7, 11) is 0. The van der Waals surface area contributed by atoms with Gasteiger partial charge in [0.15, 0.2) is 0 Å². The summed E-state index contributed by atoms with van der Waals surface area (Å²) < 4.78 is 0. The Labute approximate surface area is 108 Å². The lowest BCUT2D eigenvalue weighted by molar-refractivity contribution is 1.31. The fraction of sp³-hybridized carbons (Fsp3) is 0. The number of halogens is 1. The number of thiophene rings is 1. The Morgan fingerprint density at radius 1 is 1.12 bits per heavy atom. The minimum atomic E-state index is 0.735. The van der Waals surface area contributed by atoms with E-state index in [4.69, 9.17) is 11.6 Å². The third kappa shape index (κ3) is 2.12. The highest BCUT2D eigenvalue weighted by Gasteiger charge is 2.05. The monoisotopic (exact) mass is 260 g/mol. The molecule has 0 saturated carbocycles. The number of aromatic nitrogens is 2. The van der Waals surface area contributed by atoms with Gasteiger partial charge in [-0.25, -0.2) is 4.98 Å². The molecule has 3 rings (SSSR count). The summed E-state index contributed by atoms with van der Waals surface area (Å²) in [6.07, 6.45) is 1.86. The molecule has 0 unspecified atom stereocenters. The smallest absolute Gasteiger partial charge is 0.137 e. The minimum Gasteiger partial charge on any atom is -0.337 e. The van der Waals surface area contributed by atoms with Crippen molar-refractivity contribution in [3.05, 3.63) is 53.0 Å². The van der Waals surface area contributed by atoms with Gasteiger partial charge in [-0.05, 0) is 35.7 Å². The predicted molar refractivity (Wildman–Crippen MR) is 72.3 cm³/mol. The first kappa shape index (κ1) is 10.6. The average Bonchev–Trinajstić information content (AvgIpc) is 3.00. The van der Waals surface area contributed by atoms with Crippen LogP contribution in [0.2, 0.25) is 5.02 Å². The molecule has 0 atom stereocenters. The van der Waals surface area contributed by atoms with Crippen LogP contribution in [0.3, 0.4) is 0 Å². The summed E-state index contributed by atoms with van der Waals surface area (Å²) in [5, 5.41) is 2.79. The summed E-state index contributed by atoms with van der Waals surface area (Å²) in [5.41, 5.74) is 2.09. The van der Waals surface area contributed by atoms with Crippen molar-refractivity contribution >= 4 is 22.9 Å². The molecule has 0 saturated heterocycles. The van der Waals surface area contributed by atoms with Crippen LogP contribution in [-0.2, 0) is 0 Å². The van der Waals surface area contributed by atoms with Crippen molar-refractivity contribution in [1.82, 2.24) is 9.97 Å². The quantitative estimate of drug-likeness (QED) is 0.724. The van der Waals surface area contributed by atoms with Gasteiger partial charge in [-0.2, -0.15) is 0 Å². The molecule has 3 aromatic rings. The number of nitrogens with zero attached hydrogens (tertiary/aromatic N) is 1. The van der Waals surface area contributed by atoms with Crippen LogP contribution in [0.25, 0.3) is 22.0 Å². The van der Waals surface area contributed by atoms with Gasteiger partial charge >= 0.3 is 0 Å². The Morgan fingerprint density at radius 2 is 1.94 bits per heavy atom. The van der Waals surface area contributed by atoms with E-state index in [0.29, 0.717) is 0 Å². The number of hydrogen-bond acceptors (Lipinski definition) is 2. The Morgan fingerprint density at radius 3 is 2.65 bits per heavy atom. The van der Waals surface area contributed by atoms with Crippen molar-refractivity contribution in [3.63, 3.8) is 0 Å². The second-order valence-electron chi connectivity index (χ2n) is 3.63. The van der Waals surface area contributed by atoms with Crippen LogP contribution in [0.5, 0.6) is 0 Å². The number of rotatable bonds is 2. The van der Waals surface area contributed by atoms with Crippen molar-refractivity contribution in [1.29, 1.82) is 0 Å². The Hall–Kier alpha value is -1.58. The maximum atomic E-state index is 5.86. The lowest BCUT2D eigenvalue weighted by atomic mass is 10.2. The molecular weight excluding hydrogens is 252 g/mol. The average molecular weight is 261 g/mol. The third-order valence-corrected chi connectivity index (χ3v) is 3.64. The number of hydrogen-bond donors (Lipinski definition) is 1. The Bertz CT molecular complexity index is 611. The van der Waals surface area contributed by atoms with Crippen molar-refractivity contribution in [2.24, 2.45) is 0 Å². The maximum absolute atomic E-state index is 5.86. The molecule has 17 heavy (non-hydrogen) atoms. The van der Waals surface area contributed by atoms with Gasteiger partial charge in [-0.3, -0.25) is 0 Å². The molecule has 2 nitrogen and oxygen atoms in total. The molecular formula is C13H9ClN2S. The molecule has 0 bridgehead atoms. The third-order valence-electron chi connectivity index (χ3n) is 2.48. The van der Waals surface area contributed by atoms with Crippen LogP contribution in [0.1, 0.15) is 0 Å². The summed E-state index contributed by atoms with van der Waals surface area (Å²) in [6, 6.07) is 11.7. The second kappa shape index (κ2) is 4.35. The van der Waals surface area contributed by atoms with Crippen LogP contribution >= 0.6 is 22.9 Å². The van der Waals surface area contributed by atoms with Crippen LogP contribution in [-0.4, -0.2) is 9.97 Å². The fourth-order valence-corrected chi connectivity index (χ4v) is 2.45. The van der Waals surface area contributed by atoms with E-state index in [1.165, 1.54) is 4.88 Å². The Kier molecular flexibility index (Phi) is 2.71. The molecule has 0 aliphatic rings. The lowest BCUT2D eigenvalue weighted by Crippen LogP contribution is -1.79. The van der Waals surface area contributed by atoms with E-state index < -0.39 is 0 Å². The highest BCUT2D eigenvalue weighted by Crippen LogP contribution is 2.26. The summed E-state index contributed by atoms with van der Waals surface area (Å²) in [4.78, 5) is 8.88. The molecule has 0 spiro atoms. The zero-order valence-electron chi connectivity index (χ0n) is 8.85. The largest absolute Gasteiger partial charge is 0.337 e. The second-order valence-corrected chi connectivity index (χ2v) is 5.01. The van der Waals surface area contributed by atoms with E-state index in [2.05, 4.69) is 21.4 Å². The SMILES string of the molecule is Clc1ccc(-c2ncc(-c3cccs3)[nH]2)cc1. The molecule has 0 amide bonds. The Balaban J connectivity index is 1.98. The van der Waals surface area contributed by atoms with E-state index in [1.807, 2.05) is 36.5 Å². The molecule has 1 N–H and O–H groups in total. The van der Waals surface area contributed by atoms with Gasteiger partial charge in [0.2, 0.25) is 0 Å². The summed E-state index contributed by atoms with van der Waals surface area (Å²) in [6.45, 7) is 0. The van der Waals surface area contributed by atoms with Gasteiger partial charge in [0.25, 0.3) is 0 Å². The normalized spacial score (nSPS) is 10.6. The van der Waals surface area contributed by atoms with E-state index >= 15 is 0 Å². The van der Waals surface area contributed by atoms with Crippen molar-refractivity contribution < 1.29 is 0 Å². The standard InChI is InChI=1S/C13H9ClN2S/c14-10-5-3-9(4-6-10)13-15-8-11(16-13)12-2-1-7-17-12/h1-8H,(H,15,16). The van der Waals surface area contributed by atoms with E-state index in [0.717, 1.165) is 22.1 Å². The molecule has 4 heteroatoms. The molecule has 0 radical (unpaired) electrons. The number of nitrogens with one attached hydrogen (secondary N) is 1. The zero-order chi connectivity index (χ0) is 11.7. The highest BCUT2D eigenvalue weighted by molar-refractivity contribution is 7.13. The predicted octanol–water partition coefficient (Wildman–Crippen LogP) is 4.46. The zero-order valence-corrected chi connectivity index (χ0v) is 10.4. The lowest BCUT2D eigenvalue weighted by Gasteiger charge is -1.96. The maximum Gasteiger partial charge on any atom is 0.137 e. The molecule has 0 aliphatic carbocycles. The van der Waals surface area contributed by atoms with Crippen LogP contribution in [0.15, 0.2) is 48.0 Å². The number of imidazole rings is 1. The van der Waals surface area contributed by atoms with E-state index in [1.54, 1.807) is 11.3 Å². The summed E-state index contributed by atoms with van der Waals surface area (Å²) >= 11 is 7.55. The number of benzene rings is 1. The van der Waals surface area contributed by atoms with E-state index in [-0.39, 0.29) is 0 Å². The van der Waals surface area contributed by atoms with Crippen molar-refractivity contribution in [2.45, 2.75) is 0 Å². The van der Waals surface area contributed by atoms with Crippen molar-refractivity contribution in [2.75, 3.05) is 0 Å². The summed E-state index contributed by atoms with van der Waals surface area (Å²) in [5.74, 6) is 0.866. The van der Waals surface area contributed by atoms with Crippen LogP contribution in [0, 0.1) is 0 Å². The van der Waals surface area contributed by atoms with Gasteiger partial charge in [-0.15, -0.1) is 11.3 Å². The van der Waals surface area contributed by atoms with Crippen molar-refractivity contribution in [3.8, 4) is 22.0 Å². The first-order chi connectivity index (χ1) is 8.33. The molecule has 0 fully saturated rings. The topological polar surface area (TPSA) is 28.7 Å². The minimum absolute atomic E-state index is 0.735. The van der Waals surface area contributed by atoms with Gasteiger partial charge in [-0.1, -0.05) is 17.7 Å².